The van der Waals surface area contributed by atoms with E-state index in [-0.39, 0.29) is 17.5 Å². The minimum atomic E-state index is -0.780. The second-order valence-corrected chi connectivity index (χ2v) is 4.11. The third kappa shape index (κ3) is 2.03. The van der Waals surface area contributed by atoms with Crippen LogP contribution in [0.5, 0.6) is 11.8 Å². The van der Waals surface area contributed by atoms with E-state index in [2.05, 4.69) is 4.98 Å². The Morgan fingerprint density at radius 1 is 1.00 bits per heavy atom. The molecule has 0 aliphatic carbocycles. The summed E-state index contributed by atoms with van der Waals surface area (Å²) < 4.78 is 0.624. The largest absolute Gasteiger partial charge is 0.492 e. The standard InChI is InChI=1S/C14H10N2O4/c17-12-7-8-13(18)16(12)20-14(19)11-6-5-9-3-1-2-4-10(9)15-11/h1-8,17-18H. The molecule has 2 N–H and O–H groups in total. The van der Waals surface area contributed by atoms with E-state index < -0.39 is 5.97 Å². The molecule has 3 aromatic rings. The average molecular weight is 270 g/mol. The Morgan fingerprint density at radius 3 is 2.45 bits per heavy atom. The van der Waals surface area contributed by atoms with Crippen molar-refractivity contribution in [3.05, 3.63) is 54.2 Å². The van der Waals surface area contributed by atoms with Crippen LogP contribution in [-0.4, -0.2) is 25.9 Å². The van der Waals surface area contributed by atoms with E-state index in [4.69, 9.17) is 4.84 Å². The average Bonchev–Trinajstić information content (AvgIpc) is 2.78. The molecule has 0 radical (unpaired) electrons. The van der Waals surface area contributed by atoms with Crippen LogP contribution in [0.25, 0.3) is 10.9 Å². The number of aromatic nitrogens is 2. The number of benzene rings is 1. The van der Waals surface area contributed by atoms with Crippen molar-refractivity contribution in [3.8, 4) is 11.8 Å². The molecular weight excluding hydrogens is 260 g/mol. The number of para-hydroxylation sites is 1. The second-order valence-electron chi connectivity index (χ2n) is 4.11. The summed E-state index contributed by atoms with van der Waals surface area (Å²) in [5.74, 6) is -1.54. The molecule has 1 aromatic carbocycles. The number of carbonyl (C=O) groups is 1. The van der Waals surface area contributed by atoms with Crippen LogP contribution in [0.3, 0.4) is 0 Å². The maximum Gasteiger partial charge on any atom is 0.382 e. The van der Waals surface area contributed by atoms with Gasteiger partial charge in [0.2, 0.25) is 11.8 Å². The Bertz CT molecular complexity index is 775. The van der Waals surface area contributed by atoms with Crippen molar-refractivity contribution in [1.82, 2.24) is 9.71 Å². The third-order valence-corrected chi connectivity index (χ3v) is 2.78. The molecule has 6 heteroatoms. The molecule has 0 bridgehead atoms. The third-order valence-electron chi connectivity index (χ3n) is 2.78. The number of rotatable bonds is 2. The lowest BCUT2D eigenvalue weighted by Crippen LogP contribution is -2.20. The predicted octanol–water partition coefficient (Wildman–Crippen LogP) is 1.72. The zero-order valence-electron chi connectivity index (χ0n) is 10.2. The van der Waals surface area contributed by atoms with Crippen molar-refractivity contribution >= 4 is 16.9 Å². The molecule has 0 fully saturated rings. The van der Waals surface area contributed by atoms with Gasteiger partial charge in [-0.1, -0.05) is 24.3 Å². The molecular formula is C14H10N2O4. The summed E-state index contributed by atoms with van der Waals surface area (Å²) in [6, 6.07) is 13.0. The van der Waals surface area contributed by atoms with Crippen molar-refractivity contribution in [2.45, 2.75) is 0 Å². The Balaban J connectivity index is 1.93. The Morgan fingerprint density at radius 2 is 1.70 bits per heavy atom. The molecule has 2 heterocycles. The smallest absolute Gasteiger partial charge is 0.382 e. The fourth-order valence-corrected chi connectivity index (χ4v) is 1.80. The zero-order chi connectivity index (χ0) is 14.1. The fraction of sp³-hybridized carbons (Fsp3) is 0. The highest BCUT2D eigenvalue weighted by atomic mass is 16.7. The van der Waals surface area contributed by atoms with Gasteiger partial charge in [-0.15, -0.1) is 4.73 Å². The molecule has 0 aliphatic heterocycles. The monoisotopic (exact) mass is 270 g/mol. The number of aromatic hydroxyl groups is 2. The van der Waals surface area contributed by atoms with Gasteiger partial charge in [0.15, 0.2) is 5.69 Å². The quantitative estimate of drug-likeness (QED) is 0.740. The summed E-state index contributed by atoms with van der Waals surface area (Å²) >= 11 is 0. The summed E-state index contributed by atoms with van der Waals surface area (Å²) in [5.41, 5.74) is 0.735. The van der Waals surface area contributed by atoms with E-state index in [0.29, 0.717) is 10.2 Å². The molecule has 0 saturated carbocycles. The first kappa shape index (κ1) is 12.0. The van der Waals surface area contributed by atoms with Crippen LogP contribution < -0.4 is 4.84 Å². The van der Waals surface area contributed by atoms with Gasteiger partial charge in [-0.05, 0) is 12.1 Å². The number of pyridine rings is 1. The maximum absolute atomic E-state index is 11.9. The lowest BCUT2D eigenvalue weighted by Gasteiger charge is -2.06. The van der Waals surface area contributed by atoms with Gasteiger partial charge in [0.25, 0.3) is 0 Å². The second kappa shape index (κ2) is 4.58. The first-order valence-corrected chi connectivity index (χ1v) is 5.83. The Kier molecular flexibility index (Phi) is 2.76. The molecule has 100 valence electrons. The SMILES string of the molecule is O=C(On1c(O)ccc1O)c1ccc2ccccc2n1. The summed E-state index contributed by atoms with van der Waals surface area (Å²) in [5, 5.41) is 19.7. The van der Waals surface area contributed by atoms with E-state index in [0.717, 1.165) is 5.39 Å². The van der Waals surface area contributed by atoms with E-state index >= 15 is 0 Å². The molecule has 0 amide bonds. The zero-order valence-corrected chi connectivity index (χ0v) is 10.2. The number of hydrogen-bond donors (Lipinski definition) is 2. The lowest BCUT2D eigenvalue weighted by molar-refractivity contribution is 0.0375. The van der Waals surface area contributed by atoms with Gasteiger partial charge >= 0.3 is 5.97 Å². The predicted molar refractivity (Wildman–Crippen MR) is 70.4 cm³/mol. The Labute approximate surface area is 113 Å². The van der Waals surface area contributed by atoms with Gasteiger partial charge < -0.3 is 15.1 Å². The van der Waals surface area contributed by atoms with Crippen molar-refractivity contribution in [1.29, 1.82) is 0 Å². The van der Waals surface area contributed by atoms with Crippen molar-refractivity contribution in [2.24, 2.45) is 0 Å². The molecule has 2 aromatic heterocycles. The van der Waals surface area contributed by atoms with E-state index in [9.17, 15) is 15.0 Å². The van der Waals surface area contributed by atoms with Crippen LogP contribution in [0.1, 0.15) is 10.5 Å². The van der Waals surface area contributed by atoms with Crippen LogP contribution in [-0.2, 0) is 0 Å². The molecule has 20 heavy (non-hydrogen) atoms. The summed E-state index contributed by atoms with van der Waals surface area (Å²) in [7, 11) is 0. The van der Waals surface area contributed by atoms with Crippen LogP contribution in [0.15, 0.2) is 48.5 Å². The van der Waals surface area contributed by atoms with Crippen LogP contribution in [0, 0.1) is 0 Å². The van der Waals surface area contributed by atoms with Gasteiger partial charge in [-0.3, -0.25) is 0 Å². The summed E-state index contributed by atoms with van der Waals surface area (Å²) in [4.78, 5) is 21.0. The van der Waals surface area contributed by atoms with E-state index in [1.165, 1.54) is 18.2 Å². The minimum absolute atomic E-state index is 0.0798. The molecule has 0 saturated heterocycles. The number of hydrogen-bond acceptors (Lipinski definition) is 5. The van der Waals surface area contributed by atoms with Crippen molar-refractivity contribution in [2.75, 3.05) is 0 Å². The first-order valence-electron chi connectivity index (χ1n) is 5.83. The van der Waals surface area contributed by atoms with Gasteiger partial charge in [0.05, 0.1) is 5.52 Å². The van der Waals surface area contributed by atoms with Crippen molar-refractivity contribution < 1.29 is 19.8 Å². The summed E-state index contributed by atoms with van der Waals surface area (Å²) in [6.45, 7) is 0. The normalized spacial score (nSPS) is 10.6. The van der Waals surface area contributed by atoms with Gasteiger partial charge in [-0.25, -0.2) is 9.78 Å². The van der Waals surface area contributed by atoms with Crippen molar-refractivity contribution in [3.63, 3.8) is 0 Å². The highest BCUT2D eigenvalue weighted by Gasteiger charge is 2.15. The molecule has 0 aliphatic rings. The fourth-order valence-electron chi connectivity index (χ4n) is 1.80. The maximum atomic E-state index is 11.9. The minimum Gasteiger partial charge on any atom is -0.492 e. The molecule has 0 spiro atoms. The van der Waals surface area contributed by atoms with Crippen LogP contribution in [0.4, 0.5) is 0 Å². The van der Waals surface area contributed by atoms with Crippen LogP contribution in [0.2, 0.25) is 0 Å². The number of fused-ring (bicyclic) bond motifs is 1. The summed E-state index contributed by atoms with van der Waals surface area (Å²) in [6.07, 6.45) is 0. The van der Waals surface area contributed by atoms with Crippen LogP contribution >= 0.6 is 0 Å². The molecule has 3 rings (SSSR count). The number of carbonyl (C=O) groups excluding carboxylic acids is 1. The highest BCUT2D eigenvalue weighted by molar-refractivity contribution is 5.91. The van der Waals surface area contributed by atoms with E-state index in [1.807, 2.05) is 18.2 Å². The Hall–Kier alpha value is -3.02. The van der Waals surface area contributed by atoms with Gasteiger partial charge in [0.1, 0.15) is 0 Å². The van der Waals surface area contributed by atoms with Gasteiger partial charge in [-0.2, -0.15) is 0 Å². The molecule has 0 unspecified atom stereocenters. The molecule has 0 atom stereocenters. The number of nitrogens with zero attached hydrogens (tertiary/aromatic N) is 2. The van der Waals surface area contributed by atoms with Gasteiger partial charge in [0, 0.05) is 17.5 Å². The lowest BCUT2D eigenvalue weighted by atomic mass is 10.2. The van der Waals surface area contributed by atoms with E-state index in [1.54, 1.807) is 12.1 Å². The molecule has 6 nitrogen and oxygen atoms in total. The highest BCUT2D eigenvalue weighted by Crippen LogP contribution is 2.19. The first-order chi connectivity index (χ1) is 9.65. The topological polar surface area (TPSA) is 84.6 Å².